The molecule has 0 rings (SSSR count). The molecular formula is C2H2BSi. The lowest BCUT2D eigenvalue weighted by Crippen LogP contribution is -1.47. The van der Waals surface area contributed by atoms with Gasteiger partial charge < -0.3 is 0 Å². The summed E-state index contributed by atoms with van der Waals surface area (Å²) in [4.78, 5) is 0. The number of hydrogen-bond acceptors (Lipinski definition) is 0. The van der Waals surface area contributed by atoms with E-state index in [0.29, 0.717) is 0 Å². The maximum atomic E-state index is 4.80. The average Bonchev–Trinajstić information content (AvgIpc) is 1.37. The van der Waals surface area contributed by atoms with Crippen LogP contribution >= 0.6 is 0 Å². The molecule has 0 heterocycles. The topological polar surface area (TPSA) is 0 Å². The largest absolute Gasteiger partial charge is 0.140 e. The summed E-state index contributed by atoms with van der Waals surface area (Å²) in [5.41, 5.74) is 1.58. The molecule has 0 unspecified atom stereocenters. The third kappa shape index (κ3) is 2.02. The molecule has 0 bridgehead atoms. The predicted octanol–water partition coefficient (Wildman–Crippen LogP) is -0.205. The Kier molecular flexibility index (Phi) is 3.04. The molecule has 0 N–H and O–H groups in total. The highest BCUT2D eigenvalue weighted by atomic mass is 28.1. The van der Waals surface area contributed by atoms with Crippen molar-refractivity contribution in [3.63, 3.8) is 0 Å². The molecule has 0 aromatic rings. The molecule has 0 atom stereocenters. The van der Waals surface area contributed by atoms with Gasteiger partial charge in [0, 0.05) is 0 Å². The lowest BCUT2D eigenvalue weighted by Gasteiger charge is -1.48. The van der Waals surface area contributed by atoms with Gasteiger partial charge in [0.05, 0.1) is 10.2 Å². The second-order valence-corrected chi connectivity index (χ2v) is 0.692. The zero-order valence-electron chi connectivity index (χ0n) is 2.23. The lowest BCUT2D eigenvalue weighted by molar-refractivity contribution is 2.50. The smallest absolute Gasteiger partial charge is 0.101 e. The van der Waals surface area contributed by atoms with E-state index in [2.05, 4.69) is 10.2 Å². The third-order valence-electron chi connectivity index (χ3n) is 0.0962. The van der Waals surface area contributed by atoms with E-state index < -0.39 is 0 Å². The minimum absolute atomic E-state index is 1.41. The first-order valence-electron chi connectivity index (χ1n) is 0.955. The van der Waals surface area contributed by atoms with Crippen LogP contribution in [0.5, 0.6) is 0 Å². The molecule has 0 aliphatic rings. The van der Waals surface area contributed by atoms with E-state index in [9.17, 15) is 0 Å². The summed E-state index contributed by atoms with van der Waals surface area (Å²) in [7, 11) is 7.78. The van der Waals surface area contributed by atoms with Gasteiger partial charge in [-0.2, -0.15) is 0 Å². The molecule has 5 radical (unpaired) electrons. The van der Waals surface area contributed by atoms with Crippen molar-refractivity contribution < 1.29 is 0 Å². The van der Waals surface area contributed by atoms with Crippen LogP contribution in [-0.4, -0.2) is 18.1 Å². The summed E-state index contributed by atoms with van der Waals surface area (Å²) in [5.74, 6) is 1.41. The fourth-order valence-electron chi connectivity index (χ4n) is 0. The van der Waals surface area contributed by atoms with E-state index in [4.69, 9.17) is 7.85 Å². The van der Waals surface area contributed by atoms with Gasteiger partial charge in [0.1, 0.15) is 7.85 Å². The second-order valence-electron chi connectivity index (χ2n) is 0.359. The first-order valence-corrected chi connectivity index (χ1v) is 1.53. The molecular weight excluding hydrogens is 62.9 g/mol. The Labute approximate surface area is 30.7 Å². The summed E-state index contributed by atoms with van der Waals surface area (Å²) in [6.07, 6.45) is 0. The van der Waals surface area contributed by atoms with Gasteiger partial charge in [0.15, 0.2) is 0 Å². The van der Waals surface area contributed by atoms with Gasteiger partial charge in [-0.25, -0.2) is 0 Å². The Morgan fingerprint density at radius 1 is 1.75 bits per heavy atom. The van der Waals surface area contributed by atoms with Crippen molar-refractivity contribution >= 4 is 18.1 Å². The van der Waals surface area contributed by atoms with Gasteiger partial charge in [-0.1, -0.05) is 0 Å². The first kappa shape index (κ1) is 4.02. The summed E-state index contributed by atoms with van der Waals surface area (Å²) in [6.45, 7) is 0. The van der Waals surface area contributed by atoms with Gasteiger partial charge in [0.25, 0.3) is 0 Å². The highest BCUT2D eigenvalue weighted by molar-refractivity contribution is 6.25. The van der Waals surface area contributed by atoms with Gasteiger partial charge in [-0.15, -0.1) is 11.7 Å². The van der Waals surface area contributed by atoms with Crippen LogP contribution < -0.4 is 0 Å². The molecule has 4 heavy (non-hydrogen) atoms. The van der Waals surface area contributed by atoms with Gasteiger partial charge in [-0.3, -0.25) is 0 Å². The van der Waals surface area contributed by atoms with Crippen molar-refractivity contribution in [2.75, 3.05) is 0 Å². The molecule has 0 aromatic carbocycles. The fourth-order valence-corrected chi connectivity index (χ4v) is 0. The molecule has 0 nitrogen and oxygen atoms in total. The van der Waals surface area contributed by atoms with Crippen LogP contribution in [0, 0.1) is 0 Å². The lowest BCUT2D eigenvalue weighted by atomic mass is 10.2. The molecule has 0 aliphatic carbocycles. The van der Waals surface area contributed by atoms with Gasteiger partial charge in [-0.05, 0) is 0 Å². The maximum absolute atomic E-state index is 4.80. The Morgan fingerprint density at radius 2 is 2.00 bits per heavy atom. The van der Waals surface area contributed by atoms with E-state index in [1.807, 2.05) is 0 Å². The summed E-state index contributed by atoms with van der Waals surface area (Å²) in [6, 6.07) is 0. The molecule has 0 spiro atoms. The minimum Gasteiger partial charge on any atom is -0.140 e. The number of rotatable bonds is 0. The van der Waals surface area contributed by atoms with Crippen LogP contribution in [0.4, 0.5) is 0 Å². The van der Waals surface area contributed by atoms with Gasteiger partial charge in [0.2, 0.25) is 0 Å². The van der Waals surface area contributed by atoms with E-state index in [1.54, 1.807) is 5.70 Å². The van der Waals surface area contributed by atoms with Crippen LogP contribution in [0.2, 0.25) is 0 Å². The first-order chi connectivity index (χ1) is 1.91. The summed E-state index contributed by atoms with van der Waals surface area (Å²) >= 11 is 0. The van der Waals surface area contributed by atoms with Crippen molar-refractivity contribution in [2.45, 2.75) is 0 Å². The fraction of sp³-hybridized carbons (Fsp3) is 0. The van der Waals surface area contributed by atoms with Crippen molar-refractivity contribution in [1.29, 1.82) is 0 Å². The van der Waals surface area contributed by atoms with Crippen molar-refractivity contribution in [3.05, 3.63) is 11.7 Å². The molecule has 0 aliphatic heterocycles. The molecule has 0 amide bonds. The highest BCUT2D eigenvalue weighted by Crippen LogP contribution is 1.42. The third-order valence-corrected chi connectivity index (χ3v) is 0.289. The molecule has 17 valence electrons. The Bertz CT molecular complexity index is 21.2. The van der Waals surface area contributed by atoms with Crippen LogP contribution in [0.25, 0.3) is 0 Å². The Balaban J connectivity index is 2.55. The van der Waals surface area contributed by atoms with Crippen LogP contribution in [0.15, 0.2) is 11.7 Å². The minimum atomic E-state index is 1.41. The zero-order chi connectivity index (χ0) is 3.41. The van der Waals surface area contributed by atoms with E-state index in [1.165, 1.54) is 5.98 Å². The predicted molar refractivity (Wildman–Crippen MR) is 20.6 cm³/mol. The standard InChI is InChI=1S/C2H2BSi/c3-1-2-4/h1-2H. The monoisotopic (exact) mass is 65.0 g/mol. The maximum Gasteiger partial charge on any atom is 0.101 e. The van der Waals surface area contributed by atoms with Crippen molar-refractivity contribution in [1.82, 2.24) is 0 Å². The quantitative estimate of drug-likeness (QED) is 0.343. The average molecular weight is 64.9 g/mol. The summed E-state index contributed by atoms with van der Waals surface area (Å²) in [5, 5.41) is 0. The SMILES string of the molecule is [B]C=C[Si]. The van der Waals surface area contributed by atoms with E-state index >= 15 is 0 Å². The van der Waals surface area contributed by atoms with Crippen LogP contribution in [-0.2, 0) is 0 Å². The van der Waals surface area contributed by atoms with E-state index in [-0.39, 0.29) is 0 Å². The molecule has 2 heteroatoms. The van der Waals surface area contributed by atoms with Crippen molar-refractivity contribution in [2.24, 2.45) is 0 Å². The van der Waals surface area contributed by atoms with Crippen LogP contribution in [0.1, 0.15) is 0 Å². The molecule has 0 saturated carbocycles. The number of hydrogen-bond donors (Lipinski definition) is 0. The van der Waals surface area contributed by atoms with E-state index in [0.717, 1.165) is 0 Å². The molecule has 0 saturated heterocycles. The normalized spacial score (nSPS) is 9.25. The summed E-state index contributed by atoms with van der Waals surface area (Å²) < 4.78 is 0. The Morgan fingerprint density at radius 3 is 2.00 bits per heavy atom. The second kappa shape index (κ2) is 3.02. The van der Waals surface area contributed by atoms with Gasteiger partial charge >= 0.3 is 0 Å². The molecule has 0 aromatic heterocycles. The Hall–Kier alpha value is 0.0218. The zero-order valence-corrected chi connectivity index (χ0v) is 3.23. The molecule has 0 fully saturated rings. The van der Waals surface area contributed by atoms with Crippen molar-refractivity contribution in [3.8, 4) is 0 Å². The highest BCUT2D eigenvalue weighted by Gasteiger charge is 1.36. The van der Waals surface area contributed by atoms with Crippen LogP contribution in [0.3, 0.4) is 0 Å².